The molecule has 0 saturated carbocycles. The van der Waals surface area contributed by atoms with Crippen molar-refractivity contribution in [2.24, 2.45) is 0 Å². The lowest BCUT2D eigenvalue weighted by molar-refractivity contribution is -0.173. The molecule has 0 aliphatic carbocycles. The van der Waals surface area contributed by atoms with Crippen molar-refractivity contribution in [1.29, 1.82) is 0 Å². The van der Waals surface area contributed by atoms with Crippen molar-refractivity contribution >= 4 is 5.82 Å². The Morgan fingerprint density at radius 2 is 1.90 bits per heavy atom. The quantitative estimate of drug-likeness (QED) is 0.860. The van der Waals surface area contributed by atoms with Crippen LogP contribution in [0, 0.1) is 6.92 Å². The predicted molar refractivity (Wildman–Crippen MR) is 69.5 cm³/mol. The maximum atomic E-state index is 13.2. The first-order valence-electron chi connectivity index (χ1n) is 6.38. The molecule has 1 aromatic heterocycles. The van der Waals surface area contributed by atoms with E-state index in [1.165, 1.54) is 6.20 Å². The van der Waals surface area contributed by atoms with Gasteiger partial charge in [-0.15, -0.1) is 0 Å². The monoisotopic (exact) mass is 281 g/mol. The second-order valence-electron chi connectivity index (χ2n) is 5.06. The van der Waals surface area contributed by atoms with E-state index in [0.29, 0.717) is 5.82 Å². The molecule has 0 amide bonds. The Morgan fingerprint density at radius 3 is 2.55 bits per heavy atom. The molecule has 3 rings (SSSR count). The van der Waals surface area contributed by atoms with E-state index in [1.807, 2.05) is 31.2 Å². The van der Waals surface area contributed by atoms with Crippen molar-refractivity contribution in [1.82, 2.24) is 9.78 Å². The summed E-state index contributed by atoms with van der Waals surface area (Å²) in [6.07, 6.45) is -2.97. The third-order valence-electron chi connectivity index (χ3n) is 3.60. The number of benzene rings is 1. The standard InChI is InChI=1S/C14H14F3N3/c1-9-2-4-10(5-3-9)11-8-12(14(15,16)17)20-13(19-11)6-7-18-20/h2-7,11-12,19H,8H2,1H3/t11-,12-/m0/s1. The number of alkyl halides is 3. The molecule has 0 fully saturated rings. The zero-order valence-electron chi connectivity index (χ0n) is 10.9. The van der Waals surface area contributed by atoms with Gasteiger partial charge in [-0.2, -0.15) is 18.3 Å². The van der Waals surface area contributed by atoms with Gasteiger partial charge in [-0.1, -0.05) is 29.8 Å². The van der Waals surface area contributed by atoms with Crippen LogP contribution in [0.1, 0.15) is 29.6 Å². The topological polar surface area (TPSA) is 29.9 Å². The van der Waals surface area contributed by atoms with Gasteiger partial charge in [0.05, 0.1) is 12.2 Å². The van der Waals surface area contributed by atoms with Crippen molar-refractivity contribution in [3.63, 3.8) is 0 Å². The van der Waals surface area contributed by atoms with E-state index < -0.39 is 12.2 Å². The molecule has 1 N–H and O–H groups in total. The Labute approximate surface area is 114 Å². The third kappa shape index (κ3) is 2.26. The van der Waals surface area contributed by atoms with Gasteiger partial charge in [-0.05, 0) is 12.5 Å². The summed E-state index contributed by atoms with van der Waals surface area (Å²) in [6, 6.07) is 7.18. The largest absolute Gasteiger partial charge is 0.410 e. The summed E-state index contributed by atoms with van der Waals surface area (Å²) in [6.45, 7) is 1.95. The molecule has 3 nitrogen and oxygen atoms in total. The average molecular weight is 281 g/mol. The normalized spacial score (nSPS) is 22.2. The van der Waals surface area contributed by atoms with Gasteiger partial charge in [-0.25, -0.2) is 4.68 Å². The minimum Gasteiger partial charge on any atom is -0.363 e. The minimum absolute atomic E-state index is 0.0543. The molecule has 2 atom stereocenters. The number of halogens is 3. The highest BCUT2D eigenvalue weighted by Crippen LogP contribution is 2.43. The molecule has 0 spiro atoms. The molecule has 20 heavy (non-hydrogen) atoms. The van der Waals surface area contributed by atoms with Crippen LogP contribution in [0.3, 0.4) is 0 Å². The SMILES string of the molecule is Cc1ccc([C@@H]2C[C@@H](C(F)(F)F)n3nccc3N2)cc1. The summed E-state index contributed by atoms with van der Waals surface area (Å²) in [4.78, 5) is 0. The number of aryl methyl sites for hydroxylation is 1. The second kappa shape index (κ2) is 4.54. The van der Waals surface area contributed by atoms with Crippen LogP contribution in [0.25, 0.3) is 0 Å². The second-order valence-corrected chi connectivity index (χ2v) is 5.06. The Bertz CT molecular complexity index is 601. The molecule has 6 heteroatoms. The molecule has 0 saturated heterocycles. The van der Waals surface area contributed by atoms with Gasteiger partial charge in [0.15, 0.2) is 6.04 Å². The number of aromatic nitrogens is 2. The van der Waals surface area contributed by atoms with Crippen LogP contribution in [0.15, 0.2) is 36.5 Å². The fourth-order valence-electron chi connectivity index (χ4n) is 2.53. The van der Waals surface area contributed by atoms with E-state index >= 15 is 0 Å². The van der Waals surface area contributed by atoms with E-state index in [0.717, 1.165) is 15.8 Å². The highest BCUT2D eigenvalue weighted by atomic mass is 19.4. The number of hydrogen-bond donors (Lipinski definition) is 1. The summed E-state index contributed by atoms with van der Waals surface area (Å²) in [5.74, 6) is 0.407. The maximum Gasteiger partial charge on any atom is 0.410 e. The molecular formula is C14H14F3N3. The van der Waals surface area contributed by atoms with Crippen molar-refractivity contribution in [2.45, 2.75) is 31.6 Å². The van der Waals surface area contributed by atoms with E-state index in [9.17, 15) is 13.2 Å². The van der Waals surface area contributed by atoms with Crippen LogP contribution in [0.5, 0.6) is 0 Å². The molecule has 2 heterocycles. The summed E-state index contributed by atoms with van der Waals surface area (Å²) in [5, 5.41) is 6.90. The number of rotatable bonds is 1. The minimum atomic E-state index is -4.30. The smallest absolute Gasteiger partial charge is 0.363 e. The maximum absolute atomic E-state index is 13.2. The van der Waals surface area contributed by atoms with E-state index in [2.05, 4.69) is 10.4 Å². The third-order valence-corrected chi connectivity index (χ3v) is 3.60. The van der Waals surface area contributed by atoms with Gasteiger partial charge in [0.2, 0.25) is 0 Å². The summed E-state index contributed by atoms with van der Waals surface area (Å²) >= 11 is 0. The van der Waals surface area contributed by atoms with Crippen molar-refractivity contribution in [3.8, 4) is 0 Å². The van der Waals surface area contributed by atoms with E-state index in [-0.39, 0.29) is 12.5 Å². The lowest BCUT2D eigenvalue weighted by atomic mass is 9.96. The summed E-state index contributed by atoms with van der Waals surface area (Å²) in [7, 11) is 0. The fourth-order valence-corrected chi connectivity index (χ4v) is 2.53. The molecule has 0 unspecified atom stereocenters. The zero-order valence-corrected chi connectivity index (χ0v) is 10.9. The van der Waals surface area contributed by atoms with Crippen LogP contribution >= 0.6 is 0 Å². The van der Waals surface area contributed by atoms with E-state index in [4.69, 9.17) is 0 Å². The number of hydrogen-bond acceptors (Lipinski definition) is 2. The van der Waals surface area contributed by atoms with Crippen LogP contribution in [0.2, 0.25) is 0 Å². The molecule has 106 valence electrons. The number of fused-ring (bicyclic) bond motifs is 1. The van der Waals surface area contributed by atoms with Gasteiger partial charge in [0.1, 0.15) is 5.82 Å². The first-order valence-corrected chi connectivity index (χ1v) is 6.38. The van der Waals surface area contributed by atoms with Crippen LogP contribution in [0.4, 0.5) is 19.0 Å². The molecule has 1 aliphatic heterocycles. The average Bonchev–Trinajstić information content (AvgIpc) is 2.85. The Balaban J connectivity index is 1.95. The van der Waals surface area contributed by atoms with Crippen molar-refractivity contribution < 1.29 is 13.2 Å². The molecule has 0 radical (unpaired) electrons. The number of nitrogens with zero attached hydrogens (tertiary/aromatic N) is 2. The number of anilines is 1. The first-order chi connectivity index (χ1) is 9.45. The first kappa shape index (κ1) is 13.0. The molecule has 2 aromatic rings. The predicted octanol–water partition coefficient (Wildman–Crippen LogP) is 3.85. The van der Waals surface area contributed by atoms with Crippen LogP contribution < -0.4 is 5.32 Å². The molecule has 1 aromatic carbocycles. The van der Waals surface area contributed by atoms with Gasteiger partial charge in [-0.3, -0.25) is 0 Å². The van der Waals surface area contributed by atoms with E-state index in [1.54, 1.807) is 6.07 Å². The lowest BCUT2D eigenvalue weighted by Crippen LogP contribution is -2.35. The summed E-state index contributed by atoms with van der Waals surface area (Å²) in [5.41, 5.74) is 1.94. The highest BCUT2D eigenvalue weighted by molar-refractivity contribution is 5.41. The Morgan fingerprint density at radius 1 is 1.20 bits per heavy atom. The fraction of sp³-hybridized carbons (Fsp3) is 0.357. The molecule has 0 bridgehead atoms. The van der Waals surface area contributed by atoms with Gasteiger partial charge < -0.3 is 5.32 Å². The Kier molecular flexibility index (Phi) is 2.96. The Hall–Kier alpha value is -1.98. The van der Waals surface area contributed by atoms with Gasteiger partial charge >= 0.3 is 6.18 Å². The van der Waals surface area contributed by atoms with Crippen LogP contribution in [-0.2, 0) is 0 Å². The zero-order chi connectivity index (χ0) is 14.3. The molecular weight excluding hydrogens is 267 g/mol. The molecule has 1 aliphatic rings. The van der Waals surface area contributed by atoms with Gasteiger partial charge in [0.25, 0.3) is 0 Å². The summed E-state index contributed by atoms with van der Waals surface area (Å²) < 4.78 is 40.5. The highest BCUT2D eigenvalue weighted by Gasteiger charge is 2.46. The lowest BCUT2D eigenvalue weighted by Gasteiger charge is -2.33. The van der Waals surface area contributed by atoms with Crippen molar-refractivity contribution in [3.05, 3.63) is 47.7 Å². The van der Waals surface area contributed by atoms with Gasteiger partial charge in [0, 0.05) is 12.5 Å². The van der Waals surface area contributed by atoms with Crippen molar-refractivity contribution in [2.75, 3.05) is 5.32 Å². The van der Waals surface area contributed by atoms with Crippen LogP contribution in [-0.4, -0.2) is 16.0 Å². The number of nitrogens with one attached hydrogen (secondary N) is 1.